The maximum atomic E-state index is 5.64. The van der Waals surface area contributed by atoms with Gasteiger partial charge in [-0.25, -0.2) is 0 Å². The van der Waals surface area contributed by atoms with Gasteiger partial charge >= 0.3 is 32.4 Å². The maximum absolute atomic E-state index is 5.64. The fraction of sp³-hybridized carbons (Fsp3) is 0.333. The van der Waals surface area contributed by atoms with Gasteiger partial charge < -0.3 is 16.9 Å². The molecule has 0 saturated carbocycles. The minimum absolute atomic E-state index is 0. The number of hydrogen-bond donors (Lipinski definition) is 0. The summed E-state index contributed by atoms with van der Waals surface area (Å²) in [6.45, 7) is 15.5. The summed E-state index contributed by atoms with van der Waals surface area (Å²) < 4.78 is 5.58. The first-order valence-electron chi connectivity index (χ1n) is 5.52. The average molecular weight is 766 g/mol. The first-order valence-corrected chi connectivity index (χ1v) is 16.5. The molecule has 0 spiro atoms. The van der Waals surface area contributed by atoms with Crippen molar-refractivity contribution in [3.63, 3.8) is 0 Å². The summed E-state index contributed by atoms with van der Waals surface area (Å²) in [5, 5.41) is 0. The molecule has 0 aliphatic carbocycles. The van der Waals surface area contributed by atoms with Crippen molar-refractivity contribution in [1.82, 2.24) is 0 Å². The average Bonchev–Trinajstić information content (AvgIpc) is 2.36. The third-order valence-electron chi connectivity index (χ3n) is 2.77. The number of rotatable bonds is 3. The number of ether oxygens (including phenoxy) is 1. The summed E-state index contributed by atoms with van der Waals surface area (Å²) >= 11 is 3.33. The van der Waals surface area contributed by atoms with Gasteiger partial charge in [-0.15, -0.1) is 20.1 Å². The Hall–Kier alpha value is 0.565. The predicted octanol–water partition coefficient (Wildman–Crippen LogP) is 4.07. The molecule has 1 aromatic carbocycles. The van der Waals surface area contributed by atoms with E-state index < -0.39 is 0 Å². The molecule has 104 valence electrons. The van der Waals surface area contributed by atoms with E-state index in [2.05, 4.69) is 19.3 Å². The van der Waals surface area contributed by atoms with Gasteiger partial charge in [0.05, 0.1) is 0 Å². The van der Waals surface area contributed by atoms with Crippen LogP contribution in [0.2, 0.25) is 0 Å². The monoisotopic (exact) mass is 766 g/mol. The standard InChI is InChI=1S/C15H18O.3W/c1-10(2)13(5)9-16-15-12(4)8-7-11(3)14(15)6;;;/h1,7-8H,2-6H3;;;/q-2;;;. The van der Waals surface area contributed by atoms with Crippen LogP contribution in [-0.2, 0) is 53.5 Å². The van der Waals surface area contributed by atoms with E-state index >= 15 is 0 Å². The van der Waals surface area contributed by atoms with Crippen molar-refractivity contribution in [2.24, 2.45) is 0 Å². The van der Waals surface area contributed by atoms with Gasteiger partial charge in [-0.2, -0.15) is 0 Å². The van der Waals surface area contributed by atoms with Crippen molar-refractivity contribution < 1.29 is 58.2 Å². The van der Waals surface area contributed by atoms with Crippen molar-refractivity contribution in [3.8, 4) is 5.75 Å². The third kappa shape index (κ3) is 7.22. The summed E-state index contributed by atoms with van der Waals surface area (Å²) in [5.74, 6) is 0.876. The molecular formula is C15H18OW3-2. The molecule has 0 unspecified atom stereocenters. The Bertz CT molecular complexity index is 465. The van der Waals surface area contributed by atoms with Crippen LogP contribution >= 0.6 is 0 Å². The molecule has 0 aliphatic rings. The van der Waals surface area contributed by atoms with E-state index in [-0.39, 0.29) is 21.1 Å². The molecule has 0 saturated heterocycles. The normalized spacial score (nSPS) is 9.84. The van der Waals surface area contributed by atoms with Gasteiger partial charge in [0.1, 0.15) is 0 Å². The minimum atomic E-state index is 0. The zero-order valence-corrected chi connectivity index (χ0v) is 20.7. The molecule has 1 nitrogen and oxygen atoms in total. The topological polar surface area (TPSA) is 9.23 Å². The molecule has 0 aromatic heterocycles. The van der Waals surface area contributed by atoms with Crippen LogP contribution in [-0.4, -0.2) is 0 Å². The van der Waals surface area contributed by atoms with Crippen LogP contribution in [0.5, 0.6) is 5.75 Å². The molecule has 0 aliphatic heterocycles. The van der Waals surface area contributed by atoms with Gasteiger partial charge in [-0.05, 0) is 20.8 Å². The van der Waals surface area contributed by atoms with Crippen molar-refractivity contribution >= 4 is 0 Å². The van der Waals surface area contributed by atoms with Crippen LogP contribution in [0.25, 0.3) is 0 Å². The summed E-state index contributed by atoms with van der Waals surface area (Å²) in [6, 6.07) is 4.14. The molecule has 0 N–H and O–H groups in total. The molecule has 0 amide bonds. The number of aryl methyl sites for hydroxylation is 2. The molecular weight excluding hydrogens is 748 g/mol. The first kappa shape index (κ1) is 21.9. The van der Waals surface area contributed by atoms with Gasteiger partial charge in [0.25, 0.3) is 0 Å². The van der Waals surface area contributed by atoms with Gasteiger partial charge in [-0.1, -0.05) is 28.8 Å². The van der Waals surface area contributed by atoms with E-state index in [0.29, 0.717) is 0 Å². The van der Waals surface area contributed by atoms with E-state index in [1.807, 2.05) is 33.8 Å². The Balaban J connectivity index is 0. The van der Waals surface area contributed by atoms with Crippen LogP contribution in [0.3, 0.4) is 0 Å². The van der Waals surface area contributed by atoms with Gasteiger partial charge in [-0.3, -0.25) is 5.57 Å². The Morgan fingerprint density at radius 2 is 1.58 bits per heavy atom. The van der Waals surface area contributed by atoms with Crippen LogP contribution in [0.4, 0.5) is 0 Å². The Morgan fingerprint density at radius 3 is 2.05 bits per heavy atom. The summed E-state index contributed by atoms with van der Waals surface area (Å²) in [7, 11) is 0. The van der Waals surface area contributed by atoms with Crippen molar-refractivity contribution in [2.75, 3.05) is 0 Å². The summed E-state index contributed by atoms with van der Waals surface area (Å²) in [4.78, 5) is 0. The SMILES string of the molecule is [CH-]=C(C)C(C)=[C-]Oc1c(C)ccc(C)c1C.[W].[W]=[W]. The predicted molar refractivity (Wildman–Crippen MR) is 67.2 cm³/mol. The van der Waals surface area contributed by atoms with Gasteiger partial charge in [0.15, 0.2) is 0 Å². The van der Waals surface area contributed by atoms with E-state index in [1.54, 1.807) is 32.4 Å². The van der Waals surface area contributed by atoms with Gasteiger partial charge in [0, 0.05) is 26.8 Å². The van der Waals surface area contributed by atoms with Gasteiger partial charge in [0.2, 0.25) is 0 Å². The van der Waals surface area contributed by atoms with Crippen LogP contribution in [0.1, 0.15) is 30.5 Å². The van der Waals surface area contributed by atoms with E-state index in [4.69, 9.17) is 11.3 Å². The fourth-order valence-corrected chi connectivity index (χ4v) is 1.29. The molecule has 1 aromatic rings. The zero-order chi connectivity index (χ0) is 14.3. The molecule has 0 bridgehead atoms. The first-order chi connectivity index (χ1) is 8.43. The molecule has 1 rings (SSSR count). The third-order valence-corrected chi connectivity index (χ3v) is 2.77. The second-order valence-corrected chi connectivity index (χ2v) is 4.17. The number of hydrogen-bond acceptors (Lipinski definition) is 1. The van der Waals surface area contributed by atoms with E-state index in [1.165, 1.54) is 5.56 Å². The van der Waals surface area contributed by atoms with Crippen LogP contribution < -0.4 is 4.74 Å². The quantitative estimate of drug-likeness (QED) is 0.257. The Morgan fingerprint density at radius 1 is 1.11 bits per heavy atom. The number of benzene rings is 1. The molecule has 0 atom stereocenters. The molecule has 0 heterocycles. The second-order valence-electron chi connectivity index (χ2n) is 4.17. The van der Waals surface area contributed by atoms with Crippen LogP contribution in [0, 0.1) is 33.6 Å². The Kier molecular flexibility index (Phi) is 12.9. The number of allylic oxidation sites excluding steroid dienone is 2. The van der Waals surface area contributed by atoms with E-state index in [9.17, 15) is 0 Å². The van der Waals surface area contributed by atoms with Crippen molar-refractivity contribution in [2.45, 2.75) is 34.6 Å². The zero-order valence-electron chi connectivity index (χ0n) is 11.9. The second kappa shape index (κ2) is 11.2. The summed E-state index contributed by atoms with van der Waals surface area (Å²) in [5.41, 5.74) is 5.03. The summed E-state index contributed by atoms with van der Waals surface area (Å²) in [6.07, 6.45) is 2.86. The fourth-order valence-electron chi connectivity index (χ4n) is 1.29. The molecule has 19 heavy (non-hydrogen) atoms. The molecule has 0 fully saturated rings. The van der Waals surface area contributed by atoms with E-state index in [0.717, 1.165) is 28.0 Å². The van der Waals surface area contributed by atoms with Crippen molar-refractivity contribution in [3.05, 3.63) is 52.8 Å². The van der Waals surface area contributed by atoms with Crippen molar-refractivity contribution in [1.29, 1.82) is 0 Å². The molecule has 4 heteroatoms. The van der Waals surface area contributed by atoms with Crippen LogP contribution in [0.15, 0.2) is 23.3 Å². The molecule has 0 radical (unpaired) electrons. The Labute approximate surface area is 150 Å².